The third-order valence-electron chi connectivity index (χ3n) is 4.37. The first-order chi connectivity index (χ1) is 12.3. The fourth-order valence-electron chi connectivity index (χ4n) is 2.84. The quantitative estimate of drug-likeness (QED) is 0.666. The number of aromatic nitrogens is 2. The van der Waals surface area contributed by atoms with Crippen molar-refractivity contribution in [3.63, 3.8) is 0 Å². The summed E-state index contributed by atoms with van der Waals surface area (Å²) in [6.45, 7) is 2.15. The topological polar surface area (TPSA) is 49.8 Å². The number of rotatable bonds is 6. The third-order valence-corrected chi connectivity index (χ3v) is 4.37. The number of hydrogen-bond acceptors (Lipinski definition) is 4. The molecule has 4 nitrogen and oxygen atoms in total. The molecule has 0 unspecified atom stereocenters. The van der Waals surface area contributed by atoms with Crippen molar-refractivity contribution in [1.29, 1.82) is 0 Å². The number of nitrogens with one attached hydrogen (secondary N) is 2. The Bertz CT molecular complexity index is 857. The Morgan fingerprint density at radius 2 is 1.72 bits per heavy atom. The van der Waals surface area contributed by atoms with Crippen molar-refractivity contribution in [3.8, 4) is 11.3 Å². The SMILES string of the molecule is CCc1ccccc1Nc1nc(NC2CC2)cc(-c2ccccc2)n1. The lowest BCUT2D eigenvalue weighted by atomic mass is 10.1. The molecule has 4 rings (SSSR count). The van der Waals surface area contributed by atoms with Crippen molar-refractivity contribution in [1.82, 2.24) is 9.97 Å². The molecule has 1 aliphatic carbocycles. The van der Waals surface area contributed by atoms with Crippen molar-refractivity contribution in [2.24, 2.45) is 0 Å². The van der Waals surface area contributed by atoms with Gasteiger partial charge in [-0.3, -0.25) is 0 Å². The van der Waals surface area contributed by atoms with Gasteiger partial charge in [0.05, 0.1) is 5.69 Å². The van der Waals surface area contributed by atoms with E-state index >= 15 is 0 Å². The molecule has 0 spiro atoms. The second-order valence-corrected chi connectivity index (χ2v) is 6.38. The molecule has 1 saturated carbocycles. The Morgan fingerprint density at radius 3 is 2.48 bits per heavy atom. The molecule has 0 bridgehead atoms. The zero-order chi connectivity index (χ0) is 17.1. The van der Waals surface area contributed by atoms with Crippen LogP contribution in [0.3, 0.4) is 0 Å². The summed E-state index contributed by atoms with van der Waals surface area (Å²) in [7, 11) is 0. The van der Waals surface area contributed by atoms with E-state index in [2.05, 4.69) is 52.9 Å². The number of anilines is 3. The monoisotopic (exact) mass is 330 g/mol. The van der Waals surface area contributed by atoms with E-state index < -0.39 is 0 Å². The number of para-hydroxylation sites is 1. The molecule has 1 fully saturated rings. The minimum Gasteiger partial charge on any atom is -0.367 e. The largest absolute Gasteiger partial charge is 0.367 e. The summed E-state index contributed by atoms with van der Waals surface area (Å²) >= 11 is 0. The van der Waals surface area contributed by atoms with Crippen LogP contribution in [-0.2, 0) is 6.42 Å². The van der Waals surface area contributed by atoms with E-state index in [1.54, 1.807) is 0 Å². The van der Waals surface area contributed by atoms with Gasteiger partial charge in [0.1, 0.15) is 5.82 Å². The van der Waals surface area contributed by atoms with Gasteiger partial charge in [-0.25, -0.2) is 4.98 Å². The Balaban J connectivity index is 1.70. The first-order valence-electron chi connectivity index (χ1n) is 8.88. The molecule has 0 radical (unpaired) electrons. The molecule has 0 saturated heterocycles. The van der Waals surface area contributed by atoms with Gasteiger partial charge in [0.15, 0.2) is 0 Å². The van der Waals surface area contributed by atoms with Crippen LogP contribution in [0.5, 0.6) is 0 Å². The van der Waals surface area contributed by atoms with Gasteiger partial charge in [-0.1, -0.05) is 55.5 Å². The molecule has 2 N–H and O–H groups in total. The molecule has 3 aromatic rings. The summed E-state index contributed by atoms with van der Waals surface area (Å²) < 4.78 is 0. The van der Waals surface area contributed by atoms with Crippen LogP contribution in [0.2, 0.25) is 0 Å². The van der Waals surface area contributed by atoms with Crippen LogP contribution in [0, 0.1) is 0 Å². The highest BCUT2D eigenvalue weighted by atomic mass is 15.2. The van der Waals surface area contributed by atoms with Crippen LogP contribution < -0.4 is 10.6 Å². The van der Waals surface area contributed by atoms with Gasteiger partial charge >= 0.3 is 0 Å². The van der Waals surface area contributed by atoms with Crippen molar-refractivity contribution in [3.05, 3.63) is 66.2 Å². The molecular weight excluding hydrogens is 308 g/mol. The van der Waals surface area contributed by atoms with Crippen molar-refractivity contribution < 1.29 is 0 Å². The number of hydrogen-bond donors (Lipinski definition) is 2. The summed E-state index contributed by atoms with van der Waals surface area (Å²) in [6.07, 6.45) is 3.40. The number of benzene rings is 2. The van der Waals surface area contributed by atoms with Crippen molar-refractivity contribution in [2.75, 3.05) is 10.6 Å². The van der Waals surface area contributed by atoms with Crippen molar-refractivity contribution in [2.45, 2.75) is 32.2 Å². The van der Waals surface area contributed by atoms with E-state index in [9.17, 15) is 0 Å². The van der Waals surface area contributed by atoms with Crippen LogP contribution in [0.4, 0.5) is 17.5 Å². The lowest BCUT2D eigenvalue weighted by Crippen LogP contribution is -2.07. The van der Waals surface area contributed by atoms with E-state index in [-0.39, 0.29) is 0 Å². The average Bonchev–Trinajstić information content (AvgIpc) is 3.47. The lowest BCUT2D eigenvalue weighted by molar-refractivity contribution is 1.08. The molecule has 0 atom stereocenters. The lowest BCUT2D eigenvalue weighted by Gasteiger charge is -2.13. The molecule has 0 aliphatic heterocycles. The minimum atomic E-state index is 0.550. The third kappa shape index (κ3) is 3.79. The summed E-state index contributed by atoms with van der Waals surface area (Å²) in [5.41, 5.74) is 4.34. The smallest absolute Gasteiger partial charge is 0.229 e. The molecular formula is C21H22N4. The van der Waals surface area contributed by atoms with Crippen LogP contribution in [0.25, 0.3) is 11.3 Å². The number of nitrogens with zero attached hydrogens (tertiary/aromatic N) is 2. The molecule has 4 heteroatoms. The fraction of sp³-hybridized carbons (Fsp3) is 0.238. The second kappa shape index (κ2) is 6.93. The average molecular weight is 330 g/mol. The zero-order valence-electron chi connectivity index (χ0n) is 14.4. The predicted octanol–water partition coefficient (Wildman–Crippen LogP) is 5.02. The van der Waals surface area contributed by atoms with Crippen LogP contribution in [0.1, 0.15) is 25.3 Å². The van der Waals surface area contributed by atoms with E-state index in [1.165, 1.54) is 18.4 Å². The van der Waals surface area contributed by atoms with Crippen LogP contribution in [-0.4, -0.2) is 16.0 Å². The van der Waals surface area contributed by atoms with E-state index in [0.717, 1.165) is 29.2 Å². The summed E-state index contributed by atoms with van der Waals surface area (Å²) in [5, 5.41) is 6.90. The van der Waals surface area contributed by atoms with Gasteiger partial charge in [-0.15, -0.1) is 0 Å². The van der Waals surface area contributed by atoms with Crippen molar-refractivity contribution >= 4 is 17.5 Å². The van der Waals surface area contributed by atoms with Gasteiger partial charge in [0.25, 0.3) is 0 Å². The minimum absolute atomic E-state index is 0.550. The molecule has 1 heterocycles. The molecule has 0 amide bonds. The highest BCUT2D eigenvalue weighted by molar-refractivity contribution is 5.67. The highest BCUT2D eigenvalue weighted by Crippen LogP contribution is 2.28. The first kappa shape index (κ1) is 15.6. The van der Waals surface area contributed by atoms with E-state index in [4.69, 9.17) is 4.98 Å². The number of aryl methyl sites for hydroxylation is 1. The van der Waals surface area contributed by atoms with E-state index in [1.807, 2.05) is 30.3 Å². The maximum Gasteiger partial charge on any atom is 0.229 e. The van der Waals surface area contributed by atoms with Crippen LogP contribution >= 0.6 is 0 Å². The highest BCUT2D eigenvalue weighted by Gasteiger charge is 2.22. The maximum atomic E-state index is 4.74. The van der Waals surface area contributed by atoms with Gasteiger partial charge < -0.3 is 10.6 Å². The fourth-order valence-corrected chi connectivity index (χ4v) is 2.84. The summed E-state index contributed by atoms with van der Waals surface area (Å²) in [5.74, 6) is 1.51. The van der Waals surface area contributed by atoms with Gasteiger partial charge in [-0.2, -0.15) is 4.98 Å². The van der Waals surface area contributed by atoms with Crippen LogP contribution in [0.15, 0.2) is 60.7 Å². The van der Waals surface area contributed by atoms with Gasteiger partial charge in [-0.05, 0) is 30.9 Å². The molecule has 2 aromatic carbocycles. The molecule has 126 valence electrons. The summed E-state index contributed by atoms with van der Waals surface area (Å²) in [6, 6.07) is 21.1. The molecule has 1 aromatic heterocycles. The second-order valence-electron chi connectivity index (χ2n) is 6.38. The molecule has 1 aliphatic rings. The molecule has 25 heavy (non-hydrogen) atoms. The van der Waals surface area contributed by atoms with Gasteiger partial charge in [0, 0.05) is 23.4 Å². The maximum absolute atomic E-state index is 4.74. The predicted molar refractivity (Wildman–Crippen MR) is 103 cm³/mol. The Kier molecular flexibility index (Phi) is 4.34. The summed E-state index contributed by atoms with van der Waals surface area (Å²) in [4.78, 5) is 9.42. The standard InChI is InChI=1S/C21H22N4/c1-2-15-8-6-7-11-18(15)23-21-24-19(16-9-4-3-5-10-16)14-20(25-21)22-17-12-13-17/h3-11,14,17H,2,12-13H2,1H3,(H2,22,23,24,25). The zero-order valence-corrected chi connectivity index (χ0v) is 14.4. The Hall–Kier alpha value is -2.88. The van der Waals surface area contributed by atoms with E-state index in [0.29, 0.717) is 12.0 Å². The normalized spacial score (nSPS) is 13.5. The Labute approximate surface area is 148 Å². The Morgan fingerprint density at radius 1 is 0.960 bits per heavy atom. The first-order valence-corrected chi connectivity index (χ1v) is 8.88. The van der Waals surface area contributed by atoms with Gasteiger partial charge in [0.2, 0.25) is 5.95 Å².